The first kappa shape index (κ1) is 16.4. The van der Waals surface area contributed by atoms with E-state index in [4.69, 9.17) is 4.74 Å². The molecule has 0 spiro atoms. The Labute approximate surface area is 131 Å². The minimum Gasteiger partial charge on any atom is -0.393 e. The molecule has 1 saturated heterocycles. The fourth-order valence-electron chi connectivity index (χ4n) is 2.90. The van der Waals surface area contributed by atoms with Crippen molar-refractivity contribution in [2.24, 2.45) is 0 Å². The topological polar surface area (TPSA) is 58.6 Å². The first-order valence-corrected chi connectivity index (χ1v) is 7.58. The van der Waals surface area contributed by atoms with Gasteiger partial charge in [-0.25, -0.2) is 4.39 Å². The molecule has 116 valence electrons. The minimum atomic E-state index is -1.99. The van der Waals surface area contributed by atoms with Crippen molar-refractivity contribution in [3.8, 4) is 0 Å². The summed E-state index contributed by atoms with van der Waals surface area (Å²) in [4.78, 5) is 11.6. The van der Waals surface area contributed by atoms with Crippen molar-refractivity contribution in [1.29, 1.82) is 0 Å². The van der Waals surface area contributed by atoms with E-state index < -0.39 is 17.8 Å². The summed E-state index contributed by atoms with van der Waals surface area (Å²) in [5.41, 5.74) is -2.82. The zero-order chi connectivity index (χ0) is 15.7. The Morgan fingerprint density at radius 2 is 2.33 bits per heavy atom. The molecule has 1 aliphatic heterocycles. The van der Waals surface area contributed by atoms with Gasteiger partial charge in [-0.05, 0) is 24.6 Å². The summed E-state index contributed by atoms with van der Waals surface area (Å²) < 4.78 is 21.9. The van der Waals surface area contributed by atoms with Crippen molar-refractivity contribution in [3.05, 3.63) is 34.3 Å². The number of aliphatic hydroxyl groups is 1. The summed E-state index contributed by atoms with van der Waals surface area (Å²) in [6, 6.07) is 7.04. The molecule has 0 radical (unpaired) electrons. The molecule has 0 bridgehead atoms. The second-order valence-electron chi connectivity index (χ2n) is 5.55. The van der Waals surface area contributed by atoms with Gasteiger partial charge in [-0.3, -0.25) is 4.79 Å². The Kier molecular flexibility index (Phi) is 4.70. The number of benzene rings is 1. The number of aliphatic hydroxyl groups excluding tert-OH is 1. The zero-order valence-electron chi connectivity index (χ0n) is 12.0. The SMILES string of the molecule is CC(=O)N[C@@]1(c2cccc(Br)c2)CO[C@@H](C)C[C@@]1(F)CO. The first-order valence-electron chi connectivity index (χ1n) is 6.79. The Balaban J connectivity index is 2.57. The van der Waals surface area contributed by atoms with Crippen molar-refractivity contribution < 1.29 is 19.0 Å². The van der Waals surface area contributed by atoms with Crippen LogP contribution in [0.2, 0.25) is 0 Å². The van der Waals surface area contributed by atoms with Gasteiger partial charge in [-0.15, -0.1) is 0 Å². The van der Waals surface area contributed by atoms with Crippen LogP contribution in [0, 0.1) is 0 Å². The molecule has 1 aromatic rings. The maximum atomic E-state index is 15.5. The standard InChI is InChI=1S/C15H19BrFNO3/c1-10-7-14(17,8-19)15(9-21-10,18-11(2)20)12-4-3-5-13(16)6-12/h3-6,10,19H,7-9H2,1-2H3,(H,18,20)/t10-,14+,15+/m0/s1. The Morgan fingerprint density at radius 1 is 1.62 bits per heavy atom. The molecule has 21 heavy (non-hydrogen) atoms. The molecule has 0 aromatic heterocycles. The van der Waals surface area contributed by atoms with Gasteiger partial charge in [0, 0.05) is 17.8 Å². The summed E-state index contributed by atoms with van der Waals surface area (Å²) in [7, 11) is 0. The predicted molar refractivity (Wildman–Crippen MR) is 80.6 cm³/mol. The lowest BCUT2D eigenvalue weighted by Gasteiger charge is -2.49. The van der Waals surface area contributed by atoms with Crippen LogP contribution in [-0.4, -0.2) is 36.0 Å². The van der Waals surface area contributed by atoms with Gasteiger partial charge in [-0.1, -0.05) is 28.1 Å². The van der Waals surface area contributed by atoms with E-state index in [1.165, 1.54) is 6.92 Å². The summed E-state index contributed by atoms with van der Waals surface area (Å²) in [6.45, 7) is 2.37. The number of ether oxygens (including phenoxy) is 1. The largest absolute Gasteiger partial charge is 0.393 e. The summed E-state index contributed by atoms with van der Waals surface area (Å²) in [5.74, 6) is -0.372. The second kappa shape index (κ2) is 6.02. The number of nitrogens with one attached hydrogen (secondary N) is 1. The number of amides is 1. The maximum absolute atomic E-state index is 15.5. The van der Waals surface area contributed by atoms with Crippen molar-refractivity contribution >= 4 is 21.8 Å². The van der Waals surface area contributed by atoms with Crippen LogP contribution in [0.4, 0.5) is 4.39 Å². The van der Waals surface area contributed by atoms with Gasteiger partial charge < -0.3 is 15.2 Å². The molecule has 0 aliphatic carbocycles. The Morgan fingerprint density at radius 3 is 2.90 bits per heavy atom. The average molecular weight is 360 g/mol. The normalized spacial score (nSPS) is 32.7. The highest BCUT2D eigenvalue weighted by Crippen LogP contribution is 2.44. The van der Waals surface area contributed by atoms with E-state index in [0.29, 0.717) is 5.56 Å². The third kappa shape index (κ3) is 2.98. The van der Waals surface area contributed by atoms with Crippen LogP contribution in [-0.2, 0) is 15.1 Å². The molecule has 4 nitrogen and oxygen atoms in total. The number of hydrogen-bond acceptors (Lipinski definition) is 3. The van der Waals surface area contributed by atoms with Crippen molar-refractivity contribution in [1.82, 2.24) is 5.32 Å². The van der Waals surface area contributed by atoms with E-state index in [0.717, 1.165) is 4.47 Å². The zero-order valence-corrected chi connectivity index (χ0v) is 13.6. The van der Waals surface area contributed by atoms with Crippen LogP contribution in [0.25, 0.3) is 0 Å². The van der Waals surface area contributed by atoms with Gasteiger partial charge in [0.25, 0.3) is 0 Å². The lowest BCUT2D eigenvalue weighted by molar-refractivity contribution is -0.157. The third-order valence-corrected chi connectivity index (χ3v) is 4.41. The summed E-state index contributed by atoms with van der Waals surface area (Å²) in [5, 5.41) is 12.3. The molecule has 0 saturated carbocycles. The molecule has 1 heterocycles. The van der Waals surface area contributed by atoms with Gasteiger partial charge in [0.2, 0.25) is 5.91 Å². The number of carbonyl (C=O) groups is 1. The van der Waals surface area contributed by atoms with Crippen LogP contribution in [0.1, 0.15) is 25.8 Å². The molecule has 0 unspecified atom stereocenters. The van der Waals surface area contributed by atoms with Gasteiger partial charge in [0.05, 0.1) is 19.3 Å². The van der Waals surface area contributed by atoms with Crippen LogP contribution < -0.4 is 5.32 Å². The van der Waals surface area contributed by atoms with E-state index >= 15 is 4.39 Å². The van der Waals surface area contributed by atoms with Crippen LogP contribution >= 0.6 is 15.9 Å². The van der Waals surface area contributed by atoms with Gasteiger partial charge in [-0.2, -0.15) is 0 Å². The maximum Gasteiger partial charge on any atom is 0.217 e. The summed E-state index contributed by atoms with van der Waals surface area (Å²) in [6.07, 6.45) is -0.313. The Bertz CT molecular complexity index is 541. The lowest BCUT2D eigenvalue weighted by atomic mass is 9.72. The van der Waals surface area contributed by atoms with Crippen LogP contribution in [0.3, 0.4) is 0 Å². The molecule has 2 N–H and O–H groups in total. The molecule has 1 fully saturated rings. The highest BCUT2D eigenvalue weighted by atomic mass is 79.9. The van der Waals surface area contributed by atoms with Gasteiger partial charge in [0.15, 0.2) is 5.67 Å². The highest BCUT2D eigenvalue weighted by Gasteiger charge is 2.57. The van der Waals surface area contributed by atoms with E-state index in [9.17, 15) is 9.90 Å². The number of rotatable bonds is 3. The van der Waals surface area contributed by atoms with Crippen LogP contribution in [0.5, 0.6) is 0 Å². The minimum absolute atomic E-state index is 0.0102. The Hall–Kier alpha value is -0.980. The monoisotopic (exact) mass is 359 g/mol. The van der Waals surface area contributed by atoms with E-state index in [-0.39, 0.29) is 25.0 Å². The lowest BCUT2D eigenvalue weighted by Crippen LogP contribution is -2.67. The van der Waals surface area contributed by atoms with Crippen molar-refractivity contribution in [2.75, 3.05) is 13.2 Å². The molecule has 6 heteroatoms. The molecule has 2 rings (SSSR count). The quantitative estimate of drug-likeness (QED) is 0.870. The van der Waals surface area contributed by atoms with E-state index in [1.54, 1.807) is 25.1 Å². The highest BCUT2D eigenvalue weighted by molar-refractivity contribution is 9.10. The van der Waals surface area contributed by atoms with E-state index in [2.05, 4.69) is 21.2 Å². The number of carbonyl (C=O) groups excluding carboxylic acids is 1. The molecular formula is C15H19BrFNO3. The van der Waals surface area contributed by atoms with E-state index in [1.807, 2.05) is 6.07 Å². The molecular weight excluding hydrogens is 341 g/mol. The smallest absolute Gasteiger partial charge is 0.217 e. The first-order chi connectivity index (χ1) is 9.83. The molecule has 1 aliphatic rings. The molecule has 1 amide bonds. The van der Waals surface area contributed by atoms with Gasteiger partial charge >= 0.3 is 0 Å². The second-order valence-corrected chi connectivity index (χ2v) is 6.46. The van der Waals surface area contributed by atoms with Crippen LogP contribution in [0.15, 0.2) is 28.7 Å². The fraction of sp³-hybridized carbons (Fsp3) is 0.533. The number of alkyl halides is 1. The number of halogens is 2. The summed E-state index contributed by atoms with van der Waals surface area (Å²) >= 11 is 3.35. The average Bonchev–Trinajstić information content (AvgIpc) is 2.42. The van der Waals surface area contributed by atoms with Gasteiger partial charge in [0.1, 0.15) is 5.54 Å². The molecule has 3 atom stereocenters. The fourth-order valence-corrected chi connectivity index (χ4v) is 3.30. The van der Waals surface area contributed by atoms with Crippen molar-refractivity contribution in [3.63, 3.8) is 0 Å². The number of hydrogen-bond donors (Lipinski definition) is 2. The third-order valence-electron chi connectivity index (χ3n) is 3.92. The molecule has 1 aromatic carbocycles. The predicted octanol–water partition coefficient (Wildman–Crippen LogP) is 2.29. The van der Waals surface area contributed by atoms with Crippen molar-refractivity contribution in [2.45, 2.75) is 37.6 Å².